The number of aryl methyl sites for hydroxylation is 1. The van der Waals surface area contributed by atoms with Gasteiger partial charge in [0, 0.05) is 12.0 Å². The standard InChI is InChI=1S/C25H25NO3/c1-29-25(28)23(16-19-12-6-10-17-8-2-4-13-20(17)19)26-24(27)22-15-7-11-18-9-3-5-14-21(18)22/h2,4,6-8,10-13,15,23H,3,5,9,14,16H2,1H3,(H,26,27)/t23-/m0/s1. The lowest BCUT2D eigenvalue weighted by Gasteiger charge is -2.21. The summed E-state index contributed by atoms with van der Waals surface area (Å²) in [4.78, 5) is 25.6. The summed E-state index contributed by atoms with van der Waals surface area (Å²) >= 11 is 0. The molecule has 1 aliphatic rings. The highest BCUT2D eigenvalue weighted by Gasteiger charge is 2.25. The second-order valence-corrected chi connectivity index (χ2v) is 7.54. The van der Waals surface area contributed by atoms with Crippen LogP contribution in [0, 0.1) is 0 Å². The van der Waals surface area contributed by atoms with Gasteiger partial charge in [-0.1, -0.05) is 54.6 Å². The molecule has 4 rings (SSSR count). The Labute approximate surface area is 170 Å². The van der Waals surface area contributed by atoms with Crippen LogP contribution in [0.15, 0.2) is 60.7 Å². The molecular weight excluding hydrogens is 362 g/mol. The monoisotopic (exact) mass is 387 g/mol. The van der Waals surface area contributed by atoms with Crippen molar-refractivity contribution in [3.63, 3.8) is 0 Å². The van der Waals surface area contributed by atoms with Crippen LogP contribution >= 0.6 is 0 Å². The smallest absolute Gasteiger partial charge is 0.328 e. The minimum Gasteiger partial charge on any atom is -0.467 e. The van der Waals surface area contributed by atoms with Crippen LogP contribution < -0.4 is 5.32 Å². The highest BCUT2D eigenvalue weighted by molar-refractivity contribution is 5.98. The fourth-order valence-electron chi connectivity index (χ4n) is 4.26. The van der Waals surface area contributed by atoms with E-state index in [0.717, 1.165) is 47.6 Å². The number of hydrogen-bond donors (Lipinski definition) is 1. The predicted octanol–water partition coefficient (Wildman–Crippen LogP) is 4.23. The summed E-state index contributed by atoms with van der Waals surface area (Å²) in [6.07, 6.45) is 4.55. The van der Waals surface area contributed by atoms with Crippen molar-refractivity contribution in [3.8, 4) is 0 Å². The average Bonchev–Trinajstić information content (AvgIpc) is 2.77. The number of amides is 1. The Kier molecular flexibility index (Phi) is 5.61. The third kappa shape index (κ3) is 4.02. The molecule has 4 heteroatoms. The number of esters is 1. The minimum atomic E-state index is -0.738. The molecule has 1 amide bonds. The van der Waals surface area contributed by atoms with E-state index in [1.54, 1.807) is 0 Å². The molecule has 0 radical (unpaired) electrons. The largest absolute Gasteiger partial charge is 0.467 e. The van der Waals surface area contributed by atoms with Gasteiger partial charge in [-0.25, -0.2) is 4.79 Å². The second kappa shape index (κ2) is 8.48. The maximum absolute atomic E-state index is 13.1. The molecule has 0 unspecified atom stereocenters. The molecule has 0 heterocycles. The van der Waals surface area contributed by atoms with Gasteiger partial charge in [0.05, 0.1) is 7.11 Å². The van der Waals surface area contributed by atoms with Gasteiger partial charge in [0.25, 0.3) is 5.91 Å². The Morgan fingerprint density at radius 3 is 2.59 bits per heavy atom. The average molecular weight is 387 g/mol. The van der Waals surface area contributed by atoms with E-state index < -0.39 is 12.0 Å². The molecule has 0 spiro atoms. The molecule has 0 saturated heterocycles. The third-order valence-electron chi connectivity index (χ3n) is 5.74. The summed E-state index contributed by atoms with van der Waals surface area (Å²) in [5, 5.41) is 5.12. The lowest BCUT2D eigenvalue weighted by molar-refractivity contribution is -0.142. The first kappa shape index (κ1) is 19.2. The van der Waals surface area contributed by atoms with E-state index in [1.165, 1.54) is 12.7 Å². The highest BCUT2D eigenvalue weighted by atomic mass is 16.5. The Morgan fingerprint density at radius 1 is 0.966 bits per heavy atom. The van der Waals surface area contributed by atoms with Gasteiger partial charge in [0.15, 0.2) is 0 Å². The zero-order valence-corrected chi connectivity index (χ0v) is 16.6. The molecule has 0 aromatic heterocycles. The molecular formula is C25H25NO3. The number of carbonyl (C=O) groups excluding carboxylic acids is 2. The van der Waals surface area contributed by atoms with Crippen LogP contribution in [-0.4, -0.2) is 25.0 Å². The molecule has 4 nitrogen and oxygen atoms in total. The fourth-order valence-corrected chi connectivity index (χ4v) is 4.26. The van der Waals surface area contributed by atoms with Crippen molar-refractivity contribution in [3.05, 3.63) is 82.9 Å². The molecule has 0 fully saturated rings. The van der Waals surface area contributed by atoms with Crippen molar-refractivity contribution < 1.29 is 14.3 Å². The molecule has 3 aromatic rings. The third-order valence-corrected chi connectivity index (χ3v) is 5.74. The van der Waals surface area contributed by atoms with Crippen molar-refractivity contribution in [2.24, 2.45) is 0 Å². The SMILES string of the molecule is COC(=O)[C@H](Cc1cccc2ccccc12)NC(=O)c1cccc2c1CCCC2. The number of fused-ring (bicyclic) bond motifs is 2. The Morgan fingerprint density at radius 2 is 1.72 bits per heavy atom. The number of rotatable bonds is 5. The summed E-state index contributed by atoms with van der Waals surface area (Å²) < 4.78 is 4.99. The van der Waals surface area contributed by atoms with Gasteiger partial charge in [-0.15, -0.1) is 0 Å². The van der Waals surface area contributed by atoms with Crippen molar-refractivity contribution in [2.45, 2.75) is 38.1 Å². The van der Waals surface area contributed by atoms with Gasteiger partial charge in [-0.2, -0.15) is 0 Å². The van der Waals surface area contributed by atoms with Crippen molar-refractivity contribution in [2.75, 3.05) is 7.11 Å². The second-order valence-electron chi connectivity index (χ2n) is 7.54. The maximum atomic E-state index is 13.1. The molecule has 148 valence electrons. The van der Waals surface area contributed by atoms with Crippen LogP contribution in [0.25, 0.3) is 10.8 Å². The van der Waals surface area contributed by atoms with E-state index in [9.17, 15) is 9.59 Å². The van der Waals surface area contributed by atoms with Gasteiger partial charge in [-0.05, 0) is 59.2 Å². The predicted molar refractivity (Wildman–Crippen MR) is 114 cm³/mol. The summed E-state index contributed by atoms with van der Waals surface area (Å²) in [6.45, 7) is 0. The number of carbonyl (C=O) groups is 2. The molecule has 1 aliphatic carbocycles. The van der Waals surface area contributed by atoms with E-state index in [-0.39, 0.29) is 5.91 Å². The van der Waals surface area contributed by atoms with Crippen molar-refractivity contribution in [1.29, 1.82) is 0 Å². The van der Waals surface area contributed by atoms with Gasteiger partial charge in [-0.3, -0.25) is 4.79 Å². The molecule has 1 N–H and O–H groups in total. The molecule has 1 atom stereocenters. The van der Waals surface area contributed by atoms with Gasteiger partial charge < -0.3 is 10.1 Å². The minimum absolute atomic E-state index is 0.209. The van der Waals surface area contributed by atoms with Crippen molar-refractivity contribution >= 4 is 22.6 Å². The van der Waals surface area contributed by atoms with E-state index in [1.807, 2.05) is 54.6 Å². The van der Waals surface area contributed by atoms with Crippen molar-refractivity contribution in [1.82, 2.24) is 5.32 Å². The molecule has 3 aromatic carbocycles. The summed E-state index contributed by atoms with van der Waals surface area (Å²) in [5.74, 6) is -0.643. The topological polar surface area (TPSA) is 55.4 Å². The number of benzene rings is 3. The van der Waals surface area contributed by atoms with E-state index in [2.05, 4.69) is 11.4 Å². The molecule has 0 aliphatic heterocycles. The quantitative estimate of drug-likeness (QED) is 0.667. The maximum Gasteiger partial charge on any atom is 0.328 e. The van der Waals surface area contributed by atoms with Crippen LogP contribution in [0.3, 0.4) is 0 Å². The van der Waals surface area contributed by atoms with Crippen LogP contribution in [-0.2, 0) is 28.8 Å². The lowest BCUT2D eigenvalue weighted by Crippen LogP contribution is -2.43. The van der Waals surface area contributed by atoms with Crippen LogP contribution in [0.4, 0.5) is 0 Å². The van der Waals surface area contributed by atoms with Gasteiger partial charge >= 0.3 is 5.97 Å². The van der Waals surface area contributed by atoms with Crippen LogP contribution in [0.5, 0.6) is 0 Å². The number of nitrogens with one attached hydrogen (secondary N) is 1. The first-order valence-electron chi connectivity index (χ1n) is 10.1. The Hall–Kier alpha value is -3.14. The number of methoxy groups -OCH3 is 1. The van der Waals surface area contributed by atoms with E-state index in [0.29, 0.717) is 12.0 Å². The first-order valence-corrected chi connectivity index (χ1v) is 10.1. The van der Waals surface area contributed by atoms with Gasteiger partial charge in [0.1, 0.15) is 6.04 Å². The number of hydrogen-bond acceptors (Lipinski definition) is 3. The summed E-state index contributed by atoms with van der Waals surface area (Å²) in [7, 11) is 1.36. The van der Waals surface area contributed by atoms with E-state index in [4.69, 9.17) is 4.74 Å². The molecule has 0 saturated carbocycles. The first-order chi connectivity index (χ1) is 14.2. The summed E-state index contributed by atoms with van der Waals surface area (Å²) in [6, 6.07) is 19.2. The number of ether oxygens (including phenoxy) is 1. The van der Waals surface area contributed by atoms with Crippen LogP contribution in [0.1, 0.15) is 39.9 Å². The summed E-state index contributed by atoms with van der Waals surface area (Å²) in [5.41, 5.74) is 4.04. The van der Waals surface area contributed by atoms with E-state index >= 15 is 0 Å². The zero-order valence-electron chi connectivity index (χ0n) is 16.6. The molecule has 29 heavy (non-hydrogen) atoms. The lowest BCUT2D eigenvalue weighted by atomic mass is 9.88. The zero-order chi connectivity index (χ0) is 20.2. The normalized spacial score (nSPS) is 14.1. The van der Waals surface area contributed by atoms with Crippen LogP contribution in [0.2, 0.25) is 0 Å². The highest BCUT2D eigenvalue weighted by Crippen LogP contribution is 2.25. The fraction of sp³-hybridized carbons (Fsp3) is 0.280. The Bertz CT molecular complexity index is 1050. The Balaban J connectivity index is 1.61. The molecule has 0 bridgehead atoms. The van der Waals surface area contributed by atoms with Gasteiger partial charge in [0.2, 0.25) is 0 Å².